The molecule has 0 radical (unpaired) electrons. The van der Waals surface area contributed by atoms with Crippen LogP contribution in [-0.4, -0.2) is 31.4 Å². The summed E-state index contributed by atoms with van der Waals surface area (Å²) < 4.78 is 0.733. The van der Waals surface area contributed by atoms with Crippen molar-refractivity contribution in [3.05, 3.63) is 0 Å². The van der Waals surface area contributed by atoms with E-state index in [0.717, 1.165) is 11.1 Å². The number of rotatable bonds is 2. The molecule has 0 aromatic carbocycles. The first kappa shape index (κ1) is 7.63. The molecule has 0 aliphatic rings. The second-order valence-corrected chi connectivity index (χ2v) is 2.31. The molecule has 0 saturated carbocycles. The summed E-state index contributed by atoms with van der Waals surface area (Å²) in [6.07, 6.45) is 1.84. The minimum absolute atomic E-state index is 0.733. The molecule has 0 aliphatic carbocycles. The molecule has 0 rings (SSSR count). The molecule has 0 atom stereocenters. The molecular weight excluding hydrogens is 100 g/mol. The summed E-state index contributed by atoms with van der Waals surface area (Å²) in [7, 11) is 4.14. The van der Waals surface area contributed by atoms with Crippen LogP contribution in [0.3, 0.4) is 0 Å². The van der Waals surface area contributed by atoms with Crippen molar-refractivity contribution >= 4 is 6.21 Å². The van der Waals surface area contributed by atoms with E-state index < -0.39 is 0 Å². The van der Waals surface area contributed by atoms with Crippen LogP contribution >= 0.6 is 0 Å². The summed E-state index contributed by atoms with van der Waals surface area (Å²) in [5.41, 5.74) is 0. The maximum Gasteiger partial charge on any atom is 0.0998 e. The molecule has 8 heavy (non-hydrogen) atoms. The van der Waals surface area contributed by atoms with E-state index in [2.05, 4.69) is 26.1 Å². The molecular formula is C6H15N2+. The number of hydrogen-bond donors (Lipinski definition) is 0. The standard InChI is InChI=1S/C6H15N2/c1-5-7-8(3,4)6-2/h5H,6H2,1-4H3/q+1/b7-5+. The fourth-order valence-corrected chi connectivity index (χ4v) is 0.394. The van der Waals surface area contributed by atoms with Gasteiger partial charge in [-0.2, -0.15) is 0 Å². The average Bonchev–Trinajstić information content (AvgIpc) is 1.67. The van der Waals surface area contributed by atoms with Gasteiger partial charge in [0.15, 0.2) is 0 Å². The molecule has 2 heteroatoms. The lowest BCUT2D eigenvalue weighted by Crippen LogP contribution is -2.32. The van der Waals surface area contributed by atoms with E-state index in [1.807, 2.05) is 13.1 Å². The third kappa shape index (κ3) is 2.75. The Bertz CT molecular complexity index is 84.5. The molecule has 0 N–H and O–H groups in total. The van der Waals surface area contributed by atoms with Crippen LogP contribution < -0.4 is 0 Å². The molecule has 2 nitrogen and oxygen atoms in total. The fourth-order valence-electron chi connectivity index (χ4n) is 0.394. The van der Waals surface area contributed by atoms with Gasteiger partial charge in [-0.15, -0.1) is 0 Å². The average molecular weight is 115 g/mol. The topological polar surface area (TPSA) is 12.4 Å². The third-order valence-corrected chi connectivity index (χ3v) is 1.20. The van der Waals surface area contributed by atoms with Crippen molar-refractivity contribution in [2.45, 2.75) is 13.8 Å². The van der Waals surface area contributed by atoms with Crippen LogP contribution in [0.1, 0.15) is 13.8 Å². The second kappa shape index (κ2) is 2.82. The fraction of sp³-hybridized carbons (Fsp3) is 0.833. The molecule has 48 valence electrons. The zero-order chi connectivity index (χ0) is 6.62. The Kier molecular flexibility index (Phi) is 2.69. The van der Waals surface area contributed by atoms with Crippen molar-refractivity contribution in [1.82, 2.24) is 0 Å². The van der Waals surface area contributed by atoms with Crippen molar-refractivity contribution in [2.24, 2.45) is 5.10 Å². The van der Waals surface area contributed by atoms with E-state index in [9.17, 15) is 0 Å². The van der Waals surface area contributed by atoms with E-state index in [-0.39, 0.29) is 0 Å². The summed E-state index contributed by atoms with van der Waals surface area (Å²) in [6, 6.07) is 0. The molecule has 0 aliphatic heterocycles. The summed E-state index contributed by atoms with van der Waals surface area (Å²) in [6.45, 7) is 5.10. The van der Waals surface area contributed by atoms with E-state index in [4.69, 9.17) is 0 Å². The Balaban J connectivity index is 3.71. The zero-order valence-electron chi connectivity index (χ0n) is 6.18. The lowest BCUT2D eigenvalue weighted by atomic mass is 10.6. The SMILES string of the molecule is C/C=N/[N+](C)(C)CC. The predicted molar refractivity (Wildman–Crippen MR) is 36.8 cm³/mol. The molecule has 0 heterocycles. The van der Waals surface area contributed by atoms with Crippen LogP contribution in [0.25, 0.3) is 0 Å². The van der Waals surface area contributed by atoms with Gasteiger partial charge < -0.3 is 0 Å². The molecule has 0 bridgehead atoms. The molecule has 0 amide bonds. The highest BCUT2D eigenvalue weighted by Gasteiger charge is 2.05. The van der Waals surface area contributed by atoms with Crippen molar-refractivity contribution in [3.8, 4) is 0 Å². The maximum absolute atomic E-state index is 4.19. The van der Waals surface area contributed by atoms with Crippen molar-refractivity contribution in [2.75, 3.05) is 20.6 Å². The van der Waals surface area contributed by atoms with Gasteiger partial charge in [0, 0.05) is 0 Å². The minimum Gasteiger partial charge on any atom is -0.203 e. The molecule has 0 aromatic rings. The Labute approximate surface area is 51.4 Å². The lowest BCUT2D eigenvalue weighted by Gasteiger charge is -2.18. The Morgan fingerprint density at radius 1 is 1.50 bits per heavy atom. The van der Waals surface area contributed by atoms with Gasteiger partial charge in [0.05, 0.1) is 26.9 Å². The lowest BCUT2D eigenvalue weighted by molar-refractivity contribution is -0.894. The van der Waals surface area contributed by atoms with Crippen LogP contribution in [0.2, 0.25) is 0 Å². The summed E-state index contributed by atoms with van der Waals surface area (Å²) >= 11 is 0. The number of quaternary nitrogens is 1. The summed E-state index contributed by atoms with van der Waals surface area (Å²) in [5.74, 6) is 0. The quantitative estimate of drug-likeness (QED) is 0.290. The van der Waals surface area contributed by atoms with Gasteiger partial charge in [0.1, 0.15) is 0 Å². The molecule has 0 unspecified atom stereocenters. The second-order valence-electron chi connectivity index (χ2n) is 2.31. The van der Waals surface area contributed by atoms with E-state index in [0.29, 0.717) is 0 Å². The Morgan fingerprint density at radius 2 is 2.00 bits per heavy atom. The molecule has 0 fully saturated rings. The van der Waals surface area contributed by atoms with Crippen LogP contribution in [0, 0.1) is 0 Å². The van der Waals surface area contributed by atoms with Crippen LogP contribution in [0.4, 0.5) is 0 Å². The van der Waals surface area contributed by atoms with Crippen molar-refractivity contribution in [1.29, 1.82) is 0 Å². The highest BCUT2D eigenvalue weighted by atomic mass is 15.6. The molecule has 0 saturated heterocycles. The van der Waals surface area contributed by atoms with Crippen molar-refractivity contribution < 1.29 is 4.59 Å². The van der Waals surface area contributed by atoms with E-state index in [1.54, 1.807) is 0 Å². The van der Waals surface area contributed by atoms with Crippen LogP contribution in [-0.2, 0) is 0 Å². The number of hydrogen-bond acceptors (Lipinski definition) is 1. The monoisotopic (exact) mass is 115 g/mol. The van der Waals surface area contributed by atoms with Gasteiger partial charge in [-0.1, -0.05) is 5.10 Å². The van der Waals surface area contributed by atoms with Gasteiger partial charge >= 0.3 is 0 Å². The van der Waals surface area contributed by atoms with E-state index in [1.165, 1.54) is 0 Å². The van der Waals surface area contributed by atoms with Gasteiger partial charge in [-0.3, -0.25) is 0 Å². The zero-order valence-corrected chi connectivity index (χ0v) is 6.18. The highest BCUT2D eigenvalue weighted by molar-refractivity contribution is 5.52. The van der Waals surface area contributed by atoms with Gasteiger partial charge in [0.25, 0.3) is 0 Å². The largest absolute Gasteiger partial charge is 0.203 e. The molecule has 0 aromatic heterocycles. The highest BCUT2D eigenvalue weighted by Crippen LogP contribution is 1.93. The first-order valence-electron chi connectivity index (χ1n) is 2.95. The minimum atomic E-state index is 0.733. The van der Waals surface area contributed by atoms with E-state index >= 15 is 0 Å². The predicted octanol–water partition coefficient (Wildman–Crippen LogP) is 1.09. The van der Waals surface area contributed by atoms with Gasteiger partial charge in [0.2, 0.25) is 0 Å². The van der Waals surface area contributed by atoms with Crippen molar-refractivity contribution in [3.63, 3.8) is 0 Å². The smallest absolute Gasteiger partial charge is 0.0998 e. The third-order valence-electron chi connectivity index (χ3n) is 1.20. The summed E-state index contributed by atoms with van der Waals surface area (Å²) in [4.78, 5) is 0. The maximum atomic E-state index is 4.19. The summed E-state index contributed by atoms with van der Waals surface area (Å²) in [5, 5.41) is 4.19. The van der Waals surface area contributed by atoms with Gasteiger partial charge in [-0.05, 0) is 13.8 Å². The van der Waals surface area contributed by atoms with Gasteiger partial charge in [-0.25, -0.2) is 4.59 Å². The van der Waals surface area contributed by atoms with Crippen LogP contribution in [0.5, 0.6) is 0 Å². The van der Waals surface area contributed by atoms with Crippen LogP contribution in [0.15, 0.2) is 5.10 Å². The number of nitrogens with zero attached hydrogens (tertiary/aromatic N) is 2. The normalized spacial score (nSPS) is 13.0. The first-order chi connectivity index (χ1) is 3.62. The Hall–Kier alpha value is -0.370. The molecule has 0 spiro atoms. The first-order valence-corrected chi connectivity index (χ1v) is 2.95. The Morgan fingerprint density at radius 3 is 2.12 bits per heavy atom.